The van der Waals surface area contributed by atoms with Gasteiger partial charge in [-0.1, -0.05) is 67.8 Å². The summed E-state index contributed by atoms with van der Waals surface area (Å²) >= 11 is 0. The van der Waals surface area contributed by atoms with E-state index in [1.807, 2.05) is 57.2 Å². The molecule has 0 heterocycles. The number of sulfonamides is 1. The van der Waals surface area contributed by atoms with Crippen LogP contribution in [0.5, 0.6) is 0 Å². The molecule has 1 atom stereocenters. The SMILES string of the molecule is CC[C@@H](C(=O)NC1CCCC1)N(Cc1cccc(C)c1)C(=O)CN(c1ccccc1C)S(C)(=O)=O. The molecule has 7 nitrogen and oxygen atoms in total. The largest absolute Gasteiger partial charge is 0.352 e. The lowest BCUT2D eigenvalue weighted by Crippen LogP contribution is -2.53. The smallest absolute Gasteiger partial charge is 0.244 e. The van der Waals surface area contributed by atoms with Crippen LogP contribution in [-0.2, 0) is 26.2 Å². The van der Waals surface area contributed by atoms with Crippen molar-refractivity contribution in [3.8, 4) is 0 Å². The van der Waals surface area contributed by atoms with Gasteiger partial charge in [0.2, 0.25) is 21.8 Å². The quantitative estimate of drug-likeness (QED) is 0.537. The van der Waals surface area contributed by atoms with E-state index in [9.17, 15) is 18.0 Å². The monoisotopic (exact) mass is 499 g/mol. The summed E-state index contributed by atoms with van der Waals surface area (Å²) in [5.74, 6) is -0.587. The van der Waals surface area contributed by atoms with E-state index >= 15 is 0 Å². The average Bonchev–Trinajstić information content (AvgIpc) is 3.30. The van der Waals surface area contributed by atoms with Gasteiger partial charge in [-0.15, -0.1) is 0 Å². The van der Waals surface area contributed by atoms with Gasteiger partial charge in [0.05, 0.1) is 11.9 Å². The molecule has 1 N–H and O–H groups in total. The summed E-state index contributed by atoms with van der Waals surface area (Å²) < 4.78 is 26.6. The molecule has 2 aromatic carbocycles. The summed E-state index contributed by atoms with van der Waals surface area (Å²) in [5, 5.41) is 3.12. The third-order valence-electron chi connectivity index (χ3n) is 6.59. The number of para-hydroxylation sites is 1. The normalized spacial score (nSPS) is 15.0. The van der Waals surface area contributed by atoms with Crippen molar-refractivity contribution in [2.75, 3.05) is 17.1 Å². The molecule has 3 rings (SSSR count). The van der Waals surface area contributed by atoms with Crippen LogP contribution in [-0.4, -0.2) is 50.0 Å². The van der Waals surface area contributed by atoms with Crippen molar-refractivity contribution in [2.45, 2.75) is 71.5 Å². The zero-order chi connectivity index (χ0) is 25.6. The number of carbonyl (C=O) groups is 2. The summed E-state index contributed by atoms with van der Waals surface area (Å²) in [5.41, 5.74) is 3.16. The topological polar surface area (TPSA) is 86.8 Å². The van der Waals surface area contributed by atoms with Crippen LogP contribution in [0.15, 0.2) is 48.5 Å². The standard InChI is InChI=1S/C27H37N3O4S/c1-5-24(27(32)28-23-14-7-8-15-23)29(18-22-13-10-11-20(2)17-22)26(31)19-30(35(4,33)34)25-16-9-6-12-21(25)3/h6,9-13,16-17,23-24H,5,7-8,14-15,18-19H2,1-4H3,(H,28,32)/t24-/m0/s1. The van der Waals surface area contributed by atoms with Crippen molar-refractivity contribution < 1.29 is 18.0 Å². The molecule has 0 aromatic heterocycles. The number of nitrogens with zero attached hydrogens (tertiary/aromatic N) is 2. The maximum atomic E-state index is 13.8. The van der Waals surface area contributed by atoms with E-state index in [2.05, 4.69) is 5.32 Å². The molecule has 2 aromatic rings. The fourth-order valence-electron chi connectivity index (χ4n) is 4.73. The molecule has 0 spiro atoms. The predicted octanol–water partition coefficient (Wildman–Crippen LogP) is 3.94. The highest BCUT2D eigenvalue weighted by atomic mass is 32.2. The van der Waals surface area contributed by atoms with E-state index in [1.54, 1.807) is 12.1 Å². The first kappa shape index (κ1) is 26.7. The van der Waals surface area contributed by atoms with Gasteiger partial charge in [0, 0.05) is 12.6 Å². The molecule has 1 fully saturated rings. The molecule has 0 unspecified atom stereocenters. The molecule has 190 valence electrons. The molecule has 0 radical (unpaired) electrons. The van der Waals surface area contributed by atoms with Crippen LogP contribution in [0.25, 0.3) is 0 Å². The van der Waals surface area contributed by atoms with Crippen molar-refractivity contribution in [1.29, 1.82) is 0 Å². The third-order valence-corrected chi connectivity index (χ3v) is 7.71. The molecule has 1 aliphatic rings. The number of amides is 2. The van der Waals surface area contributed by atoms with Crippen LogP contribution >= 0.6 is 0 Å². The number of carbonyl (C=O) groups excluding carboxylic acids is 2. The van der Waals surface area contributed by atoms with Crippen molar-refractivity contribution in [3.05, 3.63) is 65.2 Å². The van der Waals surface area contributed by atoms with Gasteiger partial charge in [0.15, 0.2) is 0 Å². The van der Waals surface area contributed by atoms with Crippen LogP contribution in [0.2, 0.25) is 0 Å². The van der Waals surface area contributed by atoms with Gasteiger partial charge in [-0.05, 0) is 50.3 Å². The number of benzene rings is 2. The fourth-order valence-corrected chi connectivity index (χ4v) is 5.64. The third kappa shape index (κ3) is 7.07. The highest BCUT2D eigenvalue weighted by Crippen LogP contribution is 2.24. The van der Waals surface area contributed by atoms with Crippen LogP contribution in [0.3, 0.4) is 0 Å². The Balaban J connectivity index is 1.93. The van der Waals surface area contributed by atoms with Crippen LogP contribution in [0, 0.1) is 13.8 Å². The summed E-state index contributed by atoms with van der Waals surface area (Å²) in [6, 6.07) is 14.3. The van der Waals surface area contributed by atoms with Crippen LogP contribution in [0.1, 0.15) is 55.7 Å². The molecule has 1 saturated carbocycles. The van der Waals surface area contributed by atoms with Crippen molar-refractivity contribution in [2.24, 2.45) is 0 Å². The van der Waals surface area contributed by atoms with Crippen molar-refractivity contribution in [1.82, 2.24) is 10.2 Å². The van der Waals surface area contributed by atoms with E-state index in [0.717, 1.165) is 52.9 Å². The Kier molecular flexibility index (Phi) is 8.94. The van der Waals surface area contributed by atoms with E-state index in [4.69, 9.17) is 0 Å². The summed E-state index contributed by atoms with van der Waals surface area (Å²) in [6.45, 7) is 5.52. The van der Waals surface area contributed by atoms with Gasteiger partial charge >= 0.3 is 0 Å². The average molecular weight is 500 g/mol. The number of rotatable bonds is 10. The maximum Gasteiger partial charge on any atom is 0.244 e. The zero-order valence-corrected chi connectivity index (χ0v) is 22.0. The molecule has 0 bridgehead atoms. The lowest BCUT2D eigenvalue weighted by molar-refractivity contribution is -0.140. The molecule has 2 amide bonds. The molecule has 0 aliphatic heterocycles. The van der Waals surface area contributed by atoms with Gasteiger partial charge in [0.1, 0.15) is 12.6 Å². The van der Waals surface area contributed by atoms with Gasteiger partial charge < -0.3 is 10.2 Å². The van der Waals surface area contributed by atoms with E-state index < -0.39 is 22.0 Å². The molecule has 0 saturated heterocycles. The zero-order valence-electron chi connectivity index (χ0n) is 21.2. The minimum absolute atomic E-state index is 0.131. The molecule has 35 heavy (non-hydrogen) atoms. The lowest BCUT2D eigenvalue weighted by atomic mass is 10.1. The molecular weight excluding hydrogens is 462 g/mol. The Labute approximate surface area is 209 Å². The minimum atomic E-state index is -3.73. The Hall–Kier alpha value is -2.87. The predicted molar refractivity (Wildman–Crippen MR) is 140 cm³/mol. The van der Waals surface area contributed by atoms with E-state index in [1.165, 1.54) is 4.90 Å². The highest BCUT2D eigenvalue weighted by molar-refractivity contribution is 7.92. The summed E-state index contributed by atoms with van der Waals surface area (Å²) in [4.78, 5) is 28.6. The Bertz CT molecular complexity index is 1140. The van der Waals surface area contributed by atoms with Crippen molar-refractivity contribution in [3.63, 3.8) is 0 Å². The number of hydrogen-bond donors (Lipinski definition) is 1. The van der Waals surface area contributed by atoms with E-state index in [-0.39, 0.29) is 25.0 Å². The minimum Gasteiger partial charge on any atom is -0.352 e. The van der Waals surface area contributed by atoms with Gasteiger partial charge in [0.25, 0.3) is 0 Å². The first-order valence-corrected chi connectivity index (χ1v) is 14.1. The maximum absolute atomic E-state index is 13.8. The number of hydrogen-bond acceptors (Lipinski definition) is 4. The lowest BCUT2D eigenvalue weighted by Gasteiger charge is -2.33. The van der Waals surface area contributed by atoms with Gasteiger partial charge in [-0.25, -0.2) is 8.42 Å². The highest BCUT2D eigenvalue weighted by Gasteiger charge is 2.33. The molecular formula is C27H37N3O4S. The molecule has 8 heteroatoms. The van der Waals surface area contributed by atoms with Crippen LogP contribution < -0.4 is 9.62 Å². The Morgan fingerprint density at radius 3 is 2.34 bits per heavy atom. The molecule has 1 aliphatic carbocycles. The van der Waals surface area contributed by atoms with Gasteiger partial charge in [-0.3, -0.25) is 13.9 Å². The summed E-state index contributed by atoms with van der Waals surface area (Å²) in [6.07, 6.45) is 5.61. The number of aryl methyl sites for hydroxylation is 2. The number of anilines is 1. The first-order valence-electron chi connectivity index (χ1n) is 12.3. The number of nitrogens with one attached hydrogen (secondary N) is 1. The second-order valence-corrected chi connectivity index (χ2v) is 11.4. The first-order chi connectivity index (χ1) is 16.6. The summed E-state index contributed by atoms with van der Waals surface area (Å²) in [7, 11) is -3.73. The van der Waals surface area contributed by atoms with Gasteiger partial charge in [-0.2, -0.15) is 0 Å². The van der Waals surface area contributed by atoms with Crippen LogP contribution in [0.4, 0.5) is 5.69 Å². The second-order valence-electron chi connectivity index (χ2n) is 9.48. The Morgan fingerprint density at radius 2 is 1.74 bits per heavy atom. The van der Waals surface area contributed by atoms with E-state index in [0.29, 0.717) is 12.1 Å². The second kappa shape index (κ2) is 11.7. The van der Waals surface area contributed by atoms with Crippen molar-refractivity contribution >= 4 is 27.5 Å². The Morgan fingerprint density at radius 1 is 1.06 bits per heavy atom. The fraction of sp³-hybridized carbons (Fsp3) is 0.481.